The van der Waals surface area contributed by atoms with Crippen molar-refractivity contribution >= 4 is 11.9 Å². The highest BCUT2D eigenvalue weighted by molar-refractivity contribution is 5.69. The van der Waals surface area contributed by atoms with Gasteiger partial charge < -0.3 is 20.4 Å². The Morgan fingerprint density at radius 1 is 0.614 bits per heavy atom. The molecule has 0 spiro atoms. The molecule has 4 atom stereocenters. The normalized spacial score (nSPS) is 22.6. The van der Waals surface area contributed by atoms with Crippen LogP contribution in [0, 0.1) is 0 Å². The second-order valence-corrected chi connectivity index (χ2v) is 12.7. The summed E-state index contributed by atoms with van der Waals surface area (Å²) in [6.07, 6.45) is 7.77. The third-order valence-corrected chi connectivity index (χ3v) is 9.63. The Labute approximate surface area is 261 Å². The number of nitrogens with zero attached hydrogens (tertiary/aromatic N) is 4. The van der Waals surface area contributed by atoms with Crippen LogP contribution in [0.25, 0.3) is 0 Å². The third kappa shape index (κ3) is 9.17. The molecule has 2 saturated carbocycles. The van der Waals surface area contributed by atoms with Gasteiger partial charge in [0.1, 0.15) is 11.5 Å². The molecule has 0 aromatic heterocycles. The van der Waals surface area contributed by atoms with Crippen LogP contribution in [-0.4, -0.2) is 116 Å². The van der Waals surface area contributed by atoms with E-state index < -0.39 is 11.9 Å². The molecular formula is C34H50N4O6. The summed E-state index contributed by atoms with van der Waals surface area (Å²) in [5.41, 5.74) is 1.68. The lowest BCUT2D eigenvalue weighted by atomic mass is 9.87. The maximum atomic E-state index is 12.1. The lowest BCUT2D eigenvalue weighted by Crippen LogP contribution is -2.57. The number of phenolic OH excluding ortho intramolecular Hbond substituents is 2. The van der Waals surface area contributed by atoms with Crippen molar-refractivity contribution in [1.29, 1.82) is 0 Å². The molecule has 10 heteroatoms. The quantitative estimate of drug-likeness (QED) is 0.234. The van der Waals surface area contributed by atoms with Gasteiger partial charge in [0, 0.05) is 61.5 Å². The predicted octanol–water partition coefficient (Wildman–Crippen LogP) is 4.06. The molecule has 242 valence electrons. The number of benzene rings is 2. The van der Waals surface area contributed by atoms with E-state index in [-0.39, 0.29) is 48.8 Å². The highest BCUT2D eigenvalue weighted by Crippen LogP contribution is 2.31. The average Bonchev–Trinajstić information content (AvgIpc) is 3.00. The van der Waals surface area contributed by atoms with Crippen LogP contribution >= 0.6 is 0 Å². The highest BCUT2D eigenvalue weighted by atomic mass is 16.4. The summed E-state index contributed by atoms with van der Waals surface area (Å²) in [6.45, 7) is 1.83. The number of rotatable bonds is 15. The summed E-state index contributed by atoms with van der Waals surface area (Å²) in [5.74, 6) is -1.26. The van der Waals surface area contributed by atoms with E-state index in [1.54, 1.807) is 24.3 Å². The maximum absolute atomic E-state index is 12.1. The van der Waals surface area contributed by atoms with Crippen molar-refractivity contribution in [2.45, 2.75) is 88.6 Å². The molecular weight excluding hydrogens is 560 g/mol. The van der Waals surface area contributed by atoms with Crippen molar-refractivity contribution in [3.05, 3.63) is 59.7 Å². The van der Waals surface area contributed by atoms with Crippen LogP contribution in [0.15, 0.2) is 48.5 Å². The number of carboxylic acid groups (broad SMARTS) is 2. The van der Waals surface area contributed by atoms with Gasteiger partial charge in [-0.3, -0.25) is 29.2 Å². The van der Waals surface area contributed by atoms with Gasteiger partial charge in [0.2, 0.25) is 0 Å². The number of aromatic hydroxyl groups is 2. The smallest absolute Gasteiger partial charge is 0.317 e. The van der Waals surface area contributed by atoms with Gasteiger partial charge in [-0.2, -0.15) is 0 Å². The molecule has 0 aliphatic heterocycles. The topological polar surface area (TPSA) is 128 Å². The Balaban J connectivity index is 1.51. The SMILES string of the molecule is CN(Cc1ccccc1O)[C@@H]1CCCC[C@H]1N(CCN(CC(=O)O)[C@H]1CCCC[C@@H]1N(C)Cc1ccccc1O)CC(=O)O. The molecule has 0 bridgehead atoms. The van der Waals surface area contributed by atoms with Crippen LogP contribution in [0.2, 0.25) is 0 Å². The van der Waals surface area contributed by atoms with Gasteiger partial charge in [-0.1, -0.05) is 62.1 Å². The summed E-state index contributed by atoms with van der Waals surface area (Å²) in [7, 11) is 4.08. The van der Waals surface area contributed by atoms with E-state index in [4.69, 9.17) is 0 Å². The molecule has 0 heterocycles. The van der Waals surface area contributed by atoms with E-state index in [0.717, 1.165) is 62.5 Å². The second kappa shape index (κ2) is 16.2. The van der Waals surface area contributed by atoms with Crippen molar-refractivity contribution in [3.63, 3.8) is 0 Å². The van der Waals surface area contributed by atoms with Gasteiger partial charge in [-0.25, -0.2) is 0 Å². The molecule has 0 unspecified atom stereocenters. The monoisotopic (exact) mass is 610 g/mol. The highest BCUT2D eigenvalue weighted by Gasteiger charge is 2.37. The van der Waals surface area contributed by atoms with Gasteiger partial charge >= 0.3 is 11.9 Å². The van der Waals surface area contributed by atoms with Gasteiger partial charge in [-0.05, 0) is 51.9 Å². The van der Waals surface area contributed by atoms with Crippen molar-refractivity contribution in [3.8, 4) is 11.5 Å². The molecule has 0 saturated heterocycles. The van der Waals surface area contributed by atoms with Gasteiger partial charge in [-0.15, -0.1) is 0 Å². The standard InChI is InChI=1S/C34H50N4O6/c1-35(21-25-11-3-9-17-31(25)39)27-13-5-7-15-29(27)37(23-33(41)42)19-20-38(24-34(43)44)30-16-8-6-14-28(30)36(2)22-26-12-4-10-18-32(26)40/h3-4,9-12,17-18,27-30,39-40H,5-8,13-16,19-24H2,1-2H3,(H,41,42)(H,43,44)/t27-,28+,29-,30+. The molecule has 2 aliphatic carbocycles. The number of likely N-dealkylation sites (N-methyl/N-ethyl adjacent to an activating group) is 2. The Morgan fingerprint density at radius 3 is 1.30 bits per heavy atom. The number of carboxylic acids is 2. The Bertz CT molecular complexity index is 1130. The number of carbonyl (C=O) groups is 2. The first-order valence-corrected chi connectivity index (χ1v) is 16.0. The molecule has 0 radical (unpaired) electrons. The first kappa shape index (κ1) is 33.7. The molecule has 10 nitrogen and oxygen atoms in total. The number of para-hydroxylation sites is 2. The van der Waals surface area contributed by atoms with E-state index in [1.165, 1.54) is 0 Å². The minimum Gasteiger partial charge on any atom is -0.508 e. The van der Waals surface area contributed by atoms with Crippen molar-refractivity contribution in [1.82, 2.24) is 19.6 Å². The van der Waals surface area contributed by atoms with Gasteiger partial charge in [0.05, 0.1) is 13.1 Å². The fraction of sp³-hybridized carbons (Fsp3) is 0.588. The fourth-order valence-corrected chi connectivity index (χ4v) is 7.45. The molecule has 2 aromatic rings. The van der Waals surface area contributed by atoms with Crippen molar-refractivity contribution in [2.75, 3.05) is 40.3 Å². The minimum absolute atomic E-state index is 0.00765. The first-order valence-electron chi connectivity index (χ1n) is 16.0. The minimum atomic E-state index is -0.889. The zero-order chi connectivity index (χ0) is 31.6. The summed E-state index contributed by atoms with van der Waals surface area (Å²) in [4.78, 5) is 32.8. The van der Waals surface area contributed by atoms with E-state index >= 15 is 0 Å². The van der Waals surface area contributed by atoms with Crippen molar-refractivity contribution in [2.24, 2.45) is 0 Å². The fourth-order valence-electron chi connectivity index (χ4n) is 7.45. The summed E-state index contributed by atoms with van der Waals surface area (Å²) >= 11 is 0. The van der Waals surface area contributed by atoms with Gasteiger partial charge in [0.25, 0.3) is 0 Å². The average molecular weight is 611 g/mol. The largest absolute Gasteiger partial charge is 0.508 e. The molecule has 2 aliphatic rings. The zero-order valence-electron chi connectivity index (χ0n) is 26.2. The first-order chi connectivity index (χ1) is 21.1. The molecule has 2 fully saturated rings. The van der Waals surface area contributed by atoms with Crippen LogP contribution in [0.1, 0.15) is 62.5 Å². The zero-order valence-corrected chi connectivity index (χ0v) is 26.2. The van der Waals surface area contributed by atoms with E-state index in [9.17, 15) is 30.0 Å². The Hall–Kier alpha value is -3.18. The lowest BCUT2D eigenvalue weighted by Gasteiger charge is -2.46. The van der Waals surface area contributed by atoms with Gasteiger partial charge in [0.15, 0.2) is 0 Å². The lowest BCUT2D eigenvalue weighted by molar-refractivity contribution is -0.142. The summed E-state index contributed by atoms with van der Waals surface area (Å²) in [5, 5.41) is 40.6. The third-order valence-electron chi connectivity index (χ3n) is 9.63. The Morgan fingerprint density at radius 2 is 0.955 bits per heavy atom. The molecule has 44 heavy (non-hydrogen) atoms. The molecule has 2 aromatic carbocycles. The molecule has 4 N–H and O–H groups in total. The Kier molecular flexibility index (Phi) is 12.4. The van der Waals surface area contributed by atoms with Crippen LogP contribution in [0.5, 0.6) is 11.5 Å². The number of hydrogen-bond acceptors (Lipinski definition) is 8. The van der Waals surface area contributed by atoms with E-state index in [1.807, 2.05) is 48.2 Å². The predicted molar refractivity (Wildman–Crippen MR) is 170 cm³/mol. The molecule has 4 rings (SSSR count). The van der Waals surface area contributed by atoms with Crippen LogP contribution in [0.4, 0.5) is 0 Å². The number of phenols is 2. The number of hydrogen-bond donors (Lipinski definition) is 4. The van der Waals surface area contributed by atoms with Crippen LogP contribution < -0.4 is 0 Å². The summed E-state index contributed by atoms with van der Waals surface area (Å²) in [6, 6.07) is 14.9. The van der Waals surface area contributed by atoms with Crippen LogP contribution in [-0.2, 0) is 22.7 Å². The molecule has 0 amide bonds. The van der Waals surface area contributed by atoms with E-state index in [2.05, 4.69) is 9.80 Å². The summed E-state index contributed by atoms with van der Waals surface area (Å²) < 4.78 is 0. The maximum Gasteiger partial charge on any atom is 0.317 e. The number of aliphatic carboxylic acids is 2. The second-order valence-electron chi connectivity index (χ2n) is 12.7. The van der Waals surface area contributed by atoms with Crippen molar-refractivity contribution < 1.29 is 30.0 Å². The van der Waals surface area contributed by atoms with Crippen LogP contribution in [0.3, 0.4) is 0 Å². The van der Waals surface area contributed by atoms with E-state index in [0.29, 0.717) is 26.2 Å².